The monoisotopic (exact) mass is 257 g/mol. The van der Waals surface area contributed by atoms with Crippen molar-refractivity contribution >= 4 is 16.9 Å². The van der Waals surface area contributed by atoms with Gasteiger partial charge in [0.1, 0.15) is 12.1 Å². The molecule has 3 aromatic heterocycles. The second kappa shape index (κ2) is 4.34. The Morgan fingerprint density at radius 2 is 2.26 bits per heavy atom. The molecule has 7 heteroatoms. The highest BCUT2D eigenvalue weighted by Crippen LogP contribution is 2.25. The summed E-state index contributed by atoms with van der Waals surface area (Å²) in [5, 5.41) is 12.5. The maximum Gasteiger partial charge on any atom is 0.188 e. The Bertz CT molecular complexity index is 696. The number of nitrogens with zero attached hydrogens (tertiary/aromatic N) is 5. The van der Waals surface area contributed by atoms with E-state index in [0.717, 1.165) is 17.5 Å². The molecule has 3 aromatic rings. The van der Waals surface area contributed by atoms with Crippen LogP contribution >= 0.6 is 0 Å². The highest BCUT2D eigenvalue weighted by atomic mass is 15.4. The van der Waals surface area contributed by atoms with Gasteiger partial charge in [0.25, 0.3) is 0 Å². The predicted molar refractivity (Wildman–Crippen MR) is 71.8 cm³/mol. The molecule has 0 atom stereocenters. The van der Waals surface area contributed by atoms with Gasteiger partial charge < -0.3 is 5.73 Å². The first kappa shape index (κ1) is 11.6. The average Bonchev–Trinajstić information content (AvgIpc) is 2.93. The highest BCUT2D eigenvalue weighted by Gasteiger charge is 2.18. The van der Waals surface area contributed by atoms with Gasteiger partial charge in [0, 0.05) is 12.3 Å². The molecule has 0 unspecified atom stereocenters. The van der Waals surface area contributed by atoms with Crippen molar-refractivity contribution in [2.45, 2.75) is 20.3 Å². The molecule has 98 valence electrons. The van der Waals surface area contributed by atoms with Crippen molar-refractivity contribution in [2.24, 2.45) is 5.92 Å². The molecule has 3 rings (SSSR count). The van der Waals surface area contributed by atoms with Crippen molar-refractivity contribution < 1.29 is 0 Å². The number of hydrogen-bond donors (Lipinski definition) is 2. The van der Waals surface area contributed by atoms with Gasteiger partial charge in [0.05, 0.1) is 11.1 Å². The fourth-order valence-electron chi connectivity index (χ4n) is 2.10. The number of anilines is 1. The molecule has 0 aliphatic rings. The molecular formula is C12H15N7. The number of rotatable bonds is 3. The minimum atomic E-state index is 0.492. The number of nitrogen functional groups attached to an aromatic ring is 1. The molecule has 0 saturated carbocycles. The second-order valence-corrected chi connectivity index (χ2v) is 4.86. The van der Waals surface area contributed by atoms with Crippen molar-refractivity contribution in [1.82, 2.24) is 29.9 Å². The summed E-state index contributed by atoms with van der Waals surface area (Å²) in [6, 6.07) is 1.79. The number of hydrogen-bond acceptors (Lipinski definition) is 5. The SMILES string of the molecule is CC(C)Cc1nn(-c2ccncn2)c2n[nH]c(N)c12. The van der Waals surface area contributed by atoms with E-state index in [-0.39, 0.29) is 0 Å². The van der Waals surface area contributed by atoms with E-state index in [1.807, 2.05) is 0 Å². The molecular weight excluding hydrogens is 242 g/mol. The molecule has 3 N–H and O–H groups in total. The van der Waals surface area contributed by atoms with Gasteiger partial charge in [0.15, 0.2) is 11.5 Å². The van der Waals surface area contributed by atoms with Gasteiger partial charge in [-0.2, -0.15) is 14.9 Å². The first-order valence-electron chi connectivity index (χ1n) is 6.14. The maximum atomic E-state index is 5.94. The molecule has 0 saturated heterocycles. The lowest BCUT2D eigenvalue weighted by molar-refractivity contribution is 0.629. The summed E-state index contributed by atoms with van der Waals surface area (Å²) in [6.45, 7) is 4.29. The Morgan fingerprint density at radius 1 is 1.42 bits per heavy atom. The summed E-state index contributed by atoms with van der Waals surface area (Å²) in [7, 11) is 0. The normalized spacial score (nSPS) is 11.5. The Labute approximate surface area is 109 Å². The molecule has 19 heavy (non-hydrogen) atoms. The molecule has 0 aliphatic carbocycles. The van der Waals surface area contributed by atoms with Crippen LogP contribution in [0.1, 0.15) is 19.5 Å². The number of fused-ring (bicyclic) bond motifs is 1. The van der Waals surface area contributed by atoms with Gasteiger partial charge in [0.2, 0.25) is 0 Å². The first-order chi connectivity index (χ1) is 9.16. The Hall–Kier alpha value is -2.44. The Kier molecular flexibility index (Phi) is 2.66. The molecule has 7 nitrogen and oxygen atoms in total. The summed E-state index contributed by atoms with van der Waals surface area (Å²) >= 11 is 0. The van der Waals surface area contributed by atoms with Gasteiger partial charge in [-0.1, -0.05) is 13.8 Å². The van der Waals surface area contributed by atoms with Crippen LogP contribution in [0.2, 0.25) is 0 Å². The van der Waals surface area contributed by atoms with Crippen LogP contribution in [0.15, 0.2) is 18.6 Å². The van der Waals surface area contributed by atoms with Crippen molar-refractivity contribution in [3.05, 3.63) is 24.3 Å². The van der Waals surface area contributed by atoms with Crippen LogP contribution in [0, 0.1) is 5.92 Å². The zero-order chi connectivity index (χ0) is 13.4. The van der Waals surface area contributed by atoms with Gasteiger partial charge in [-0.05, 0) is 12.3 Å². The van der Waals surface area contributed by atoms with Gasteiger partial charge in [-0.25, -0.2) is 9.97 Å². The summed E-state index contributed by atoms with van der Waals surface area (Å²) < 4.78 is 1.70. The second-order valence-electron chi connectivity index (χ2n) is 4.86. The zero-order valence-electron chi connectivity index (χ0n) is 10.8. The summed E-state index contributed by atoms with van der Waals surface area (Å²) in [5.74, 6) is 1.72. The predicted octanol–water partition coefficient (Wildman–Crippen LogP) is 1.32. The lowest BCUT2D eigenvalue weighted by atomic mass is 10.1. The van der Waals surface area contributed by atoms with Crippen LogP contribution in [0.4, 0.5) is 5.82 Å². The van der Waals surface area contributed by atoms with Crippen LogP contribution in [-0.4, -0.2) is 29.9 Å². The van der Waals surface area contributed by atoms with E-state index in [2.05, 4.69) is 39.1 Å². The molecule has 0 aliphatic heterocycles. The number of H-pyrrole nitrogens is 1. The largest absolute Gasteiger partial charge is 0.383 e. The highest BCUT2D eigenvalue weighted by molar-refractivity contribution is 5.89. The van der Waals surface area contributed by atoms with Gasteiger partial charge in [-0.15, -0.1) is 0 Å². The number of aromatic nitrogens is 6. The lowest BCUT2D eigenvalue weighted by Gasteiger charge is -2.01. The minimum absolute atomic E-state index is 0.492. The molecule has 3 heterocycles. The van der Waals surface area contributed by atoms with E-state index in [4.69, 9.17) is 5.73 Å². The van der Waals surface area contributed by atoms with E-state index in [9.17, 15) is 0 Å². The van der Waals surface area contributed by atoms with Crippen LogP contribution < -0.4 is 5.73 Å². The van der Waals surface area contributed by atoms with Crippen LogP contribution in [-0.2, 0) is 6.42 Å². The topological polar surface area (TPSA) is 98.3 Å². The third kappa shape index (κ3) is 1.92. The van der Waals surface area contributed by atoms with E-state index in [0.29, 0.717) is 23.2 Å². The Morgan fingerprint density at radius 3 is 2.95 bits per heavy atom. The summed E-state index contributed by atoms with van der Waals surface area (Å²) in [6.07, 6.45) is 4.01. The van der Waals surface area contributed by atoms with Crippen LogP contribution in [0.25, 0.3) is 16.9 Å². The lowest BCUT2D eigenvalue weighted by Crippen LogP contribution is -2.03. The number of nitrogens with two attached hydrogens (primary N) is 1. The maximum absolute atomic E-state index is 5.94. The smallest absolute Gasteiger partial charge is 0.188 e. The quantitative estimate of drug-likeness (QED) is 0.737. The van der Waals surface area contributed by atoms with Crippen LogP contribution in [0.5, 0.6) is 0 Å². The summed E-state index contributed by atoms with van der Waals surface area (Å²) in [5.41, 5.74) is 7.58. The third-order valence-electron chi connectivity index (χ3n) is 2.87. The first-order valence-corrected chi connectivity index (χ1v) is 6.14. The fourth-order valence-corrected chi connectivity index (χ4v) is 2.10. The number of aromatic amines is 1. The van der Waals surface area contributed by atoms with Crippen LogP contribution in [0.3, 0.4) is 0 Å². The van der Waals surface area contributed by atoms with E-state index in [1.54, 1.807) is 16.9 Å². The fraction of sp³-hybridized carbons (Fsp3) is 0.333. The van der Waals surface area contributed by atoms with Crippen molar-refractivity contribution in [3.63, 3.8) is 0 Å². The van der Waals surface area contributed by atoms with Gasteiger partial charge >= 0.3 is 0 Å². The Balaban J connectivity index is 2.21. The van der Waals surface area contributed by atoms with E-state index in [1.165, 1.54) is 6.33 Å². The van der Waals surface area contributed by atoms with Crippen molar-refractivity contribution in [2.75, 3.05) is 5.73 Å². The molecule has 0 radical (unpaired) electrons. The van der Waals surface area contributed by atoms with E-state index >= 15 is 0 Å². The standard InChI is InChI=1S/C12H15N7/c1-7(2)5-8-10-11(13)16-17-12(10)19(18-8)9-3-4-14-6-15-9/h3-4,6-7H,5H2,1-2H3,(H3,13,16,17). The molecule has 0 spiro atoms. The number of nitrogens with one attached hydrogen (secondary N) is 1. The van der Waals surface area contributed by atoms with Crippen molar-refractivity contribution in [1.29, 1.82) is 0 Å². The molecule has 0 amide bonds. The molecule has 0 fully saturated rings. The van der Waals surface area contributed by atoms with E-state index < -0.39 is 0 Å². The average molecular weight is 257 g/mol. The molecule has 0 aromatic carbocycles. The third-order valence-corrected chi connectivity index (χ3v) is 2.87. The molecule has 0 bridgehead atoms. The zero-order valence-corrected chi connectivity index (χ0v) is 10.8. The minimum Gasteiger partial charge on any atom is -0.383 e. The summed E-state index contributed by atoms with van der Waals surface area (Å²) in [4.78, 5) is 8.10. The van der Waals surface area contributed by atoms with Crippen molar-refractivity contribution in [3.8, 4) is 5.82 Å². The van der Waals surface area contributed by atoms with Gasteiger partial charge in [-0.3, -0.25) is 5.10 Å².